The van der Waals surface area contributed by atoms with Crippen LogP contribution in [0.3, 0.4) is 0 Å². The molecule has 96 valence electrons. The van der Waals surface area contributed by atoms with Crippen LogP contribution in [0.1, 0.15) is 16.7 Å². The number of aromatic nitrogens is 1. The van der Waals surface area contributed by atoms with Crippen LogP contribution in [-0.2, 0) is 13.1 Å². The van der Waals surface area contributed by atoms with Crippen LogP contribution >= 0.6 is 11.6 Å². The van der Waals surface area contributed by atoms with Crippen molar-refractivity contribution in [2.24, 2.45) is 5.73 Å². The van der Waals surface area contributed by atoms with Crippen molar-refractivity contribution in [3.05, 3.63) is 58.2 Å². The molecule has 0 unspecified atom stereocenters. The molecule has 1 aromatic carbocycles. The molecule has 0 aliphatic carbocycles. The van der Waals surface area contributed by atoms with Gasteiger partial charge in [0.05, 0.1) is 5.02 Å². The van der Waals surface area contributed by atoms with Gasteiger partial charge in [0, 0.05) is 24.8 Å². The van der Waals surface area contributed by atoms with Crippen molar-refractivity contribution in [1.29, 1.82) is 5.41 Å². The van der Waals surface area contributed by atoms with E-state index in [0.717, 1.165) is 13.1 Å². The van der Waals surface area contributed by atoms with Gasteiger partial charge in [-0.05, 0) is 17.2 Å². The SMILES string of the molecule is N=C(N)c1ccnc(N2Cc3ccccc3C2)c1Cl. The summed E-state index contributed by atoms with van der Waals surface area (Å²) in [5.74, 6) is 0.649. The van der Waals surface area contributed by atoms with Gasteiger partial charge < -0.3 is 10.6 Å². The fraction of sp³-hybridized carbons (Fsp3) is 0.143. The van der Waals surface area contributed by atoms with E-state index in [0.29, 0.717) is 16.4 Å². The minimum atomic E-state index is -0.0367. The third-order valence-electron chi connectivity index (χ3n) is 3.30. The van der Waals surface area contributed by atoms with E-state index in [4.69, 9.17) is 22.7 Å². The Morgan fingerprint density at radius 3 is 2.42 bits per heavy atom. The monoisotopic (exact) mass is 272 g/mol. The molecule has 3 N–H and O–H groups in total. The van der Waals surface area contributed by atoms with E-state index < -0.39 is 0 Å². The smallest absolute Gasteiger partial charge is 0.148 e. The van der Waals surface area contributed by atoms with Gasteiger partial charge in [-0.2, -0.15) is 0 Å². The number of nitrogens with zero attached hydrogens (tertiary/aromatic N) is 2. The number of benzene rings is 1. The lowest BCUT2D eigenvalue weighted by atomic mass is 10.1. The van der Waals surface area contributed by atoms with E-state index in [9.17, 15) is 0 Å². The van der Waals surface area contributed by atoms with Gasteiger partial charge in [-0.3, -0.25) is 5.41 Å². The van der Waals surface area contributed by atoms with Crippen LogP contribution in [0.4, 0.5) is 5.82 Å². The topological polar surface area (TPSA) is 66.0 Å². The zero-order chi connectivity index (χ0) is 13.4. The number of fused-ring (bicyclic) bond motifs is 1. The summed E-state index contributed by atoms with van der Waals surface area (Å²) in [7, 11) is 0. The first-order valence-electron chi connectivity index (χ1n) is 5.97. The van der Waals surface area contributed by atoms with E-state index in [1.807, 2.05) is 12.1 Å². The maximum Gasteiger partial charge on any atom is 0.148 e. The lowest BCUT2D eigenvalue weighted by molar-refractivity contribution is 0.856. The van der Waals surface area contributed by atoms with Crippen LogP contribution in [0, 0.1) is 5.41 Å². The molecule has 19 heavy (non-hydrogen) atoms. The van der Waals surface area contributed by atoms with Crippen molar-refractivity contribution in [3.8, 4) is 0 Å². The zero-order valence-electron chi connectivity index (χ0n) is 10.2. The van der Waals surface area contributed by atoms with E-state index in [-0.39, 0.29) is 5.84 Å². The second kappa shape index (κ2) is 4.55. The van der Waals surface area contributed by atoms with E-state index in [2.05, 4.69) is 22.0 Å². The molecule has 1 aromatic heterocycles. The minimum Gasteiger partial charge on any atom is -0.384 e. The van der Waals surface area contributed by atoms with E-state index >= 15 is 0 Å². The average Bonchev–Trinajstić information content (AvgIpc) is 2.82. The summed E-state index contributed by atoms with van der Waals surface area (Å²) in [6.07, 6.45) is 1.64. The highest BCUT2D eigenvalue weighted by atomic mass is 35.5. The van der Waals surface area contributed by atoms with Gasteiger partial charge in [0.2, 0.25) is 0 Å². The molecule has 3 rings (SSSR count). The molecule has 0 radical (unpaired) electrons. The first-order chi connectivity index (χ1) is 9.16. The summed E-state index contributed by atoms with van der Waals surface area (Å²) < 4.78 is 0. The average molecular weight is 273 g/mol. The molecule has 0 spiro atoms. The molecular weight excluding hydrogens is 260 g/mol. The Hall–Kier alpha value is -2.07. The Balaban J connectivity index is 1.98. The summed E-state index contributed by atoms with van der Waals surface area (Å²) in [5.41, 5.74) is 8.62. The number of pyridine rings is 1. The fourth-order valence-electron chi connectivity index (χ4n) is 2.34. The molecule has 0 bridgehead atoms. The molecule has 0 fully saturated rings. The molecule has 0 saturated heterocycles. The minimum absolute atomic E-state index is 0.0367. The van der Waals surface area contributed by atoms with Crippen LogP contribution in [0.2, 0.25) is 5.02 Å². The molecule has 1 aliphatic rings. The number of halogens is 1. The number of hydrogen-bond donors (Lipinski definition) is 2. The first-order valence-corrected chi connectivity index (χ1v) is 6.35. The highest BCUT2D eigenvalue weighted by Crippen LogP contribution is 2.32. The van der Waals surface area contributed by atoms with Crippen molar-refractivity contribution in [3.63, 3.8) is 0 Å². The summed E-state index contributed by atoms with van der Waals surface area (Å²) in [4.78, 5) is 6.42. The summed E-state index contributed by atoms with van der Waals surface area (Å²) in [6.45, 7) is 1.56. The Bertz CT molecular complexity index is 629. The number of rotatable bonds is 2. The van der Waals surface area contributed by atoms with Crippen LogP contribution in [0.5, 0.6) is 0 Å². The van der Waals surface area contributed by atoms with Gasteiger partial charge in [-0.25, -0.2) is 4.98 Å². The molecule has 2 heterocycles. The van der Waals surface area contributed by atoms with Crippen molar-refractivity contribution < 1.29 is 0 Å². The van der Waals surface area contributed by atoms with Gasteiger partial charge in [0.15, 0.2) is 0 Å². The molecule has 5 heteroatoms. The number of amidine groups is 1. The van der Waals surface area contributed by atoms with Crippen molar-refractivity contribution in [2.75, 3.05) is 4.90 Å². The normalized spacial score (nSPS) is 13.4. The Kier molecular flexibility index (Phi) is 2.87. The van der Waals surface area contributed by atoms with Crippen molar-refractivity contribution in [1.82, 2.24) is 4.98 Å². The Morgan fingerprint density at radius 2 is 1.84 bits per heavy atom. The van der Waals surface area contributed by atoms with Crippen molar-refractivity contribution in [2.45, 2.75) is 13.1 Å². The van der Waals surface area contributed by atoms with Crippen LogP contribution in [0.25, 0.3) is 0 Å². The largest absolute Gasteiger partial charge is 0.384 e. The lowest BCUT2D eigenvalue weighted by Gasteiger charge is -2.19. The number of nitrogens with one attached hydrogen (secondary N) is 1. The molecular formula is C14H13ClN4. The van der Waals surface area contributed by atoms with Gasteiger partial charge in [0.25, 0.3) is 0 Å². The van der Waals surface area contributed by atoms with E-state index in [1.54, 1.807) is 12.3 Å². The second-order valence-corrected chi connectivity index (χ2v) is 4.91. The standard InChI is InChI=1S/C14H13ClN4/c15-12-11(13(16)17)5-6-18-14(12)19-7-9-3-1-2-4-10(9)8-19/h1-6H,7-8H2,(H3,16,17). The summed E-state index contributed by atoms with van der Waals surface area (Å²) in [6, 6.07) is 9.94. The number of hydrogen-bond acceptors (Lipinski definition) is 3. The molecule has 0 saturated carbocycles. The second-order valence-electron chi connectivity index (χ2n) is 4.53. The van der Waals surface area contributed by atoms with Gasteiger partial charge in [0.1, 0.15) is 11.7 Å². The molecule has 1 aliphatic heterocycles. The number of anilines is 1. The molecule has 0 amide bonds. The van der Waals surface area contributed by atoms with Crippen LogP contribution < -0.4 is 10.6 Å². The first kappa shape index (κ1) is 12.0. The molecule has 2 aromatic rings. The zero-order valence-corrected chi connectivity index (χ0v) is 11.0. The number of nitrogens with two attached hydrogens (primary N) is 1. The summed E-state index contributed by atoms with van der Waals surface area (Å²) >= 11 is 6.30. The summed E-state index contributed by atoms with van der Waals surface area (Å²) in [5, 5.41) is 7.97. The Labute approximate surface area is 116 Å². The predicted octanol–water partition coefficient (Wildman–Crippen LogP) is 2.54. The Morgan fingerprint density at radius 1 is 1.21 bits per heavy atom. The van der Waals surface area contributed by atoms with Crippen LogP contribution in [-0.4, -0.2) is 10.8 Å². The van der Waals surface area contributed by atoms with Crippen molar-refractivity contribution >= 4 is 23.3 Å². The highest BCUT2D eigenvalue weighted by Gasteiger charge is 2.22. The van der Waals surface area contributed by atoms with Gasteiger partial charge in [-0.15, -0.1) is 0 Å². The third-order valence-corrected chi connectivity index (χ3v) is 3.67. The van der Waals surface area contributed by atoms with Crippen LogP contribution in [0.15, 0.2) is 36.5 Å². The number of nitrogen functional groups attached to an aromatic ring is 1. The molecule has 4 nitrogen and oxygen atoms in total. The maximum absolute atomic E-state index is 7.52. The quantitative estimate of drug-likeness (QED) is 0.652. The third kappa shape index (κ3) is 2.04. The van der Waals surface area contributed by atoms with Gasteiger partial charge in [-0.1, -0.05) is 35.9 Å². The van der Waals surface area contributed by atoms with E-state index in [1.165, 1.54) is 11.1 Å². The maximum atomic E-state index is 7.52. The fourth-order valence-corrected chi connectivity index (χ4v) is 2.68. The lowest BCUT2D eigenvalue weighted by Crippen LogP contribution is -2.19. The van der Waals surface area contributed by atoms with Gasteiger partial charge >= 0.3 is 0 Å². The molecule has 0 atom stereocenters. The highest BCUT2D eigenvalue weighted by molar-refractivity contribution is 6.36. The predicted molar refractivity (Wildman–Crippen MR) is 76.6 cm³/mol.